The van der Waals surface area contributed by atoms with Crippen LogP contribution in [0.3, 0.4) is 0 Å². The lowest BCUT2D eigenvalue weighted by Gasteiger charge is -2.11. The number of rotatable bonds is 11. The summed E-state index contributed by atoms with van der Waals surface area (Å²) in [7, 11) is 0. The van der Waals surface area contributed by atoms with Gasteiger partial charge in [-0.2, -0.15) is 5.10 Å². The van der Waals surface area contributed by atoms with Crippen LogP contribution in [-0.2, 0) is 4.79 Å². The molecule has 0 spiro atoms. The number of carboxylic acid groups (broad SMARTS) is 1. The van der Waals surface area contributed by atoms with Crippen molar-refractivity contribution in [1.29, 1.82) is 0 Å². The largest absolute Gasteiger partial charge is 0.494 e. The van der Waals surface area contributed by atoms with E-state index in [4.69, 9.17) is 19.3 Å². The van der Waals surface area contributed by atoms with Crippen LogP contribution >= 0.6 is 0 Å². The van der Waals surface area contributed by atoms with Gasteiger partial charge in [-0.1, -0.05) is 6.92 Å². The summed E-state index contributed by atoms with van der Waals surface area (Å²) in [5.74, 6) is -0.00596. The highest BCUT2D eigenvalue weighted by Crippen LogP contribution is 2.28. The summed E-state index contributed by atoms with van der Waals surface area (Å²) in [5, 5.41) is 12.7. The van der Waals surface area contributed by atoms with Gasteiger partial charge in [-0.05, 0) is 61.4 Å². The van der Waals surface area contributed by atoms with Gasteiger partial charge in [0.25, 0.3) is 5.91 Å². The van der Waals surface area contributed by atoms with Gasteiger partial charge >= 0.3 is 5.97 Å². The van der Waals surface area contributed by atoms with Gasteiger partial charge < -0.3 is 19.3 Å². The summed E-state index contributed by atoms with van der Waals surface area (Å²) in [6, 6.07) is 11.7. The van der Waals surface area contributed by atoms with Crippen molar-refractivity contribution in [2.24, 2.45) is 5.10 Å². The van der Waals surface area contributed by atoms with Gasteiger partial charge in [0.15, 0.2) is 18.1 Å². The molecule has 1 amide bonds. The SMILES string of the molecule is CCCOc1ccc(C(=O)N/N=C/c2ccc(OCC(=O)O)c(OCC)c2)cc1. The van der Waals surface area contributed by atoms with Gasteiger partial charge in [0, 0.05) is 5.56 Å². The summed E-state index contributed by atoms with van der Waals surface area (Å²) in [4.78, 5) is 22.8. The predicted molar refractivity (Wildman–Crippen MR) is 108 cm³/mol. The molecule has 29 heavy (non-hydrogen) atoms. The van der Waals surface area contributed by atoms with Gasteiger partial charge in [0.1, 0.15) is 5.75 Å². The van der Waals surface area contributed by atoms with Crippen molar-refractivity contribution in [1.82, 2.24) is 5.43 Å². The number of hydrogen-bond acceptors (Lipinski definition) is 6. The van der Waals surface area contributed by atoms with Gasteiger partial charge in [0.05, 0.1) is 19.4 Å². The summed E-state index contributed by atoms with van der Waals surface area (Å²) in [6.07, 6.45) is 2.37. The molecule has 2 aromatic carbocycles. The number of nitrogens with one attached hydrogen (secondary N) is 1. The molecule has 0 unspecified atom stereocenters. The van der Waals surface area contributed by atoms with E-state index < -0.39 is 12.6 Å². The van der Waals surface area contributed by atoms with Gasteiger partial charge in [-0.15, -0.1) is 0 Å². The number of carbonyl (C=O) groups is 2. The molecule has 0 saturated heterocycles. The van der Waals surface area contributed by atoms with Crippen molar-refractivity contribution in [3.63, 3.8) is 0 Å². The standard InChI is InChI=1S/C21H24N2O6/c1-3-11-28-17-8-6-16(7-9-17)21(26)23-22-13-15-5-10-18(29-14-20(24)25)19(12-15)27-4-2/h5-10,12-13H,3-4,11,14H2,1-2H3,(H,23,26)(H,24,25)/b22-13+. The smallest absolute Gasteiger partial charge is 0.341 e. The normalized spacial score (nSPS) is 10.6. The summed E-state index contributed by atoms with van der Waals surface area (Å²) >= 11 is 0. The zero-order valence-corrected chi connectivity index (χ0v) is 16.4. The summed E-state index contributed by atoms with van der Waals surface area (Å²) in [6.45, 7) is 4.37. The Morgan fingerprint density at radius 2 is 1.79 bits per heavy atom. The second kappa shape index (κ2) is 11.3. The first kappa shape index (κ1) is 21.7. The highest BCUT2D eigenvalue weighted by atomic mass is 16.5. The first-order chi connectivity index (χ1) is 14.0. The Morgan fingerprint density at radius 1 is 1.03 bits per heavy atom. The lowest BCUT2D eigenvalue weighted by molar-refractivity contribution is -0.139. The molecule has 0 radical (unpaired) electrons. The van der Waals surface area contributed by atoms with E-state index in [9.17, 15) is 9.59 Å². The van der Waals surface area contributed by atoms with Crippen LogP contribution < -0.4 is 19.6 Å². The topological polar surface area (TPSA) is 106 Å². The number of carbonyl (C=O) groups excluding carboxylic acids is 1. The van der Waals surface area contributed by atoms with Crippen LogP contribution in [0.2, 0.25) is 0 Å². The van der Waals surface area contributed by atoms with Crippen LogP contribution in [0.1, 0.15) is 36.2 Å². The number of ether oxygens (including phenoxy) is 3. The van der Waals surface area contributed by atoms with Crippen molar-refractivity contribution in [3.8, 4) is 17.2 Å². The minimum absolute atomic E-state index is 0.320. The Bertz CT molecular complexity index is 849. The van der Waals surface area contributed by atoms with Crippen LogP contribution in [-0.4, -0.2) is 43.0 Å². The molecule has 2 rings (SSSR count). The molecule has 0 atom stereocenters. The van der Waals surface area contributed by atoms with Crippen LogP contribution in [0.4, 0.5) is 0 Å². The summed E-state index contributed by atoms with van der Waals surface area (Å²) in [5.41, 5.74) is 3.57. The second-order valence-electron chi connectivity index (χ2n) is 5.89. The molecule has 8 nitrogen and oxygen atoms in total. The molecule has 8 heteroatoms. The molecule has 0 bridgehead atoms. The molecule has 0 saturated carbocycles. The molecule has 0 aliphatic rings. The maximum absolute atomic E-state index is 12.2. The van der Waals surface area contributed by atoms with Crippen molar-refractivity contribution in [3.05, 3.63) is 53.6 Å². The third-order valence-electron chi connectivity index (χ3n) is 3.59. The Kier molecular flexibility index (Phi) is 8.50. The molecular formula is C21H24N2O6. The molecular weight excluding hydrogens is 376 g/mol. The fraction of sp³-hybridized carbons (Fsp3) is 0.286. The van der Waals surface area contributed by atoms with E-state index in [1.165, 1.54) is 6.21 Å². The molecule has 0 aliphatic heterocycles. The lowest BCUT2D eigenvalue weighted by Crippen LogP contribution is -2.17. The Morgan fingerprint density at radius 3 is 2.45 bits per heavy atom. The first-order valence-electron chi connectivity index (χ1n) is 9.21. The third-order valence-corrected chi connectivity index (χ3v) is 3.59. The highest BCUT2D eigenvalue weighted by Gasteiger charge is 2.08. The van der Waals surface area contributed by atoms with E-state index in [2.05, 4.69) is 10.5 Å². The average Bonchev–Trinajstić information content (AvgIpc) is 2.72. The van der Waals surface area contributed by atoms with Crippen LogP contribution in [0.5, 0.6) is 17.2 Å². The molecule has 0 aliphatic carbocycles. The lowest BCUT2D eigenvalue weighted by atomic mass is 10.2. The number of nitrogens with zero attached hydrogens (tertiary/aromatic N) is 1. The fourth-order valence-electron chi connectivity index (χ4n) is 2.28. The minimum atomic E-state index is -1.08. The van der Waals surface area contributed by atoms with Crippen molar-refractivity contribution in [2.45, 2.75) is 20.3 Å². The highest BCUT2D eigenvalue weighted by molar-refractivity contribution is 5.95. The first-order valence-corrected chi connectivity index (χ1v) is 9.21. The van der Waals surface area contributed by atoms with E-state index in [-0.39, 0.29) is 5.91 Å². The Hall–Kier alpha value is -3.55. The van der Waals surface area contributed by atoms with Gasteiger partial charge in [-0.3, -0.25) is 4.79 Å². The number of amides is 1. The fourth-order valence-corrected chi connectivity index (χ4v) is 2.28. The van der Waals surface area contributed by atoms with Crippen LogP contribution in [0.15, 0.2) is 47.6 Å². The van der Waals surface area contributed by atoms with Crippen molar-refractivity contribution < 1.29 is 28.9 Å². The molecule has 2 N–H and O–H groups in total. The molecule has 0 aromatic heterocycles. The Labute approximate surface area is 169 Å². The Balaban J connectivity index is 1.98. The number of carboxylic acids is 1. The molecule has 0 fully saturated rings. The average molecular weight is 400 g/mol. The number of hydrogen-bond donors (Lipinski definition) is 2. The monoisotopic (exact) mass is 400 g/mol. The number of benzene rings is 2. The summed E-state index contributed by atoms with van der Waals surface area (Å²) < 4.78 is 16.1. The molecule has 2 aromatic rings. The van der Waals surface area contributed by atoms with Crippen LogP contribution in [0, 0.1) is 0 Å². The zero-order chi connectivity index (χ0) is 21.1. The number of hydrazone groups is 1. The van der Waals surface area contributed by atoms with E-state index in [0.29, 0.717) is 41.6 Å². The van der Waals surface area contributed by atoms with Crippen molar-refractivity contribution in [2.75, 3.05) is 19.8 Å². The van der Waals surface area contributed by atoms with E-state index in [1.54, 1.807) is 49.4 Å². The maximum atomic E-state index is 12.2. The van der Waals surface area contributed by atoms with E-state index in [0.717, 1.165) is 6.42 Å². The van der Waals surface area contributed by atoms with E-state index in [1.807, 2.05) is 6.92 Å². The van der Waals surface area contributed by atoms with Crippen LogP contribution in [0.25, 0.3) is 0 Å². The predicted octanol–water partition coefficient (Wildman–Crippen LogP) is 3.10. The third kappa shape index (κ3) is 7.17. The van der Waals surface area contributed by atoms with Gasteiger partial charge in [0.2, 0.25) is 0 Å². The second-order valence-corrected chi connectivity index (χ2v) is 5.89. The number of aliphatic carboxylic acids is 1. The van der Waals surface area contributed by atoms with E-state index >= 15 is 0 Å². The minimum Gasteiger partial charge on any atom is -0.494 e. The molecule has 154 valence electrons. The quantitative estimate of drug-likeness (QED) is 0.443. The van der Waals surface area contributed by atoms with Gasteiger partial charge in [-0.25, -0.2) is 10.2 Å². The maximum Gasteiger partial charge on any atom is 0.341 e. The molecule has 0 heterocycles. The van der Waals surface area contributed by atoms with Crippen molar-refractivity contribution >= 4 is 18.1 Å². The zero-order valence-electron chi connectivity index (χ0n) is 16.4.